The summed E-state index contributed by atoms with van der Waals surface area (Å²) in [5, 5.41) is 5.04. The summed E-state index contributed by atoms with van der Waals surface area (Å²) >= 11 is 3.45. The van der Waals surface area contributed by atoms with Gasteiger partial charge in [0, 0.05) is 22.1 Å². The molecule has 2 rings (SSSR count). The maximum atomic E-state index is 12.1. The predicted octanol–water partition coefficient (Wildman–Crippen LogP) is 3.41. The summed E-state index contributed by atoms with van der Waals surface area (Å²) in [6, 6.07) is 16.4. The molecule has 3 N–H and O–H groups in total. The summed E-state index contributed by atoms with van der Waals surface area (Å²) < 4.78 is 1.07. The Kier molecular flexibility index (Phi) is 6.16. The van der Waals surface area contributed by atoms with Crippen LogP contribution in [0.25, 0.3) is 0 Å². The highest BCUT2D eigenvalue weighted by Crippen LogP contribution is 2.16. The van der Waals surface area contributed by atoms with Gasteiger partial charge in [0.2, 0.25) is 0 Å². The standard InChI is InChI=1S/C18H21BrN2O/c1-3-17(14-7-9-15(19)10-8-14)20-12-18(22)21-16-6-4-5-13(2)11-16/h4-11,17,20H,3,12H2,1-2H3,(H,21,22)/p+1/t17-/m1/s1. The van der Waals surface area contributed by atoms with Crippen LogP contribution >= 0.6 is 15.9 Å². The zero-order valence-electron chi connectivity index (χ0n) is 13.0. The van der Waals surface area contributed by atoms with Gasteiger partial charge in [-0.05, 0) is 36.8 Å². The van der Waals surface area contributed by atoms with E-state index in [1.807, 2.05) is 43.3 Å². The largest absolute Gasteiger partial charge is 0.332 e. The Morgan fingerprint density at radius 2 is 1.95 bits per heavy atom. The van der Waals surface area contributed by atoms with Gasteiger partial charge >= 0.3 is 0 Å². The zero-order valence-corrected chi connectivity index (χ0v) is 14.6. The summed E-state index contributed by atoms with van der Waals surface area (Å²) in [6.07, 6.45) is 0.985. The first-order valence-corrected chi connectivity index (χ1v) is 8.33. The van der Waals surface area contributed by atoms with Crippen molar-refractivity contribution in [3.63, 3.8) is 0 Å². The number of quaternary nitrogens is 1. The minimum atomic E-state index is 0.0289. The maximum absolute atomic E-state index is 12.1. The van der Waals surface area contributed by atoms with Gasteiger partial charge in [0.1, 0.15) is 6.04 Å². The second-order valence-corrected chi connectivity index (χ2v) is 6.34. The van der Waals surface area contributed by atoms with E-state index in [-0.39, 0.29) is 5.91 Å². The van der Waals surface area contributed by atoms with Crippen LogP contribution in [0.4, 0.5) is 5.69 Å². The SMILES string of the molecule is CC[C@@H]([NH2+]CC(=O)Nc1cccc(C)c1)c1ccc(Br)cc1. The van der Waals surface area contributed by atoms with E-state index in [2.05, 4.69) is 45.6 Å². The number of carbonyl (C=O) groups excluding carboxylic acids is 1. The highest BCUT2D eigenvalue weighted by atomic mass is 79.9. The number of nitrogens with two attached hydrogens (primary N) is 1. The van der Waals surface area contributed by atoms with Crippen LogP contribution < -0.4 is 10.6 Å². The van der Waals surface area contributed by atoms with Crippen molar-refractivity contribution in [2.45, 2.75) is 26.3 Å². The van der Waals surface area contributed by atoms with Crippen molar-refractivity contribution in [1.82, 2.24) is 0 Å². The number of halogens is 1. The Balaban J connectivity index is 1.90. The summed E-state index contributed by atoms with van der Waals surface area (Å²) in [5.41, 5.74) is 3.24. The van der Waals surface area contributed by atoms with E-state index in [0.29, 0.717) is 12.6 Å². The number of nitrogens with one attached hydrogen (secondary N) is 1. The number of carbonyl (C=O) groups is 1. The third-order valence-corrected chi connectivity index (χ3v) is 4.16. The van der Waals surface area contributed by atoms with Crippen LogP contribution in [0, 0.1) is 6.92 Å². The van der Waals surface area contributed by atoms with Crippen molar-refractivity contribution in [3.8, 4) is 0 Å². The molecule has 0 heterocycles. The average molecular weight is 362 g/mol. The van der Waals surface area contributed by atoms with E-state index in [4.69, 9.17) is 0 Å². The lowest BCUT2D eigenvalue weighted by Crippen LogP contribution is -2.87. The molecule has 0 fully saturated rings. The third-order valence-electron chi connectivity index (χ3n) is 3.63. The van der Waals surface area contributed by atoms with Crippen molar-refractivity contribution in [2.24, 2.45) is 0 Å². The fraction of sp³-hybridized carbons (Fsp3) is 0.278. The molecule has 1 amide bonds. The lowest BCUT2D eigenvalue weighted by atomic mass is 10.0. The topological polar surface area (TPSA) is 45.7 Å². The molecule has 0 aliphatic rings. The molecule has 0 aliphatic heterocycles. The summed E-state index contributed by atoms with van der Waals surface area (Å²) in [5.74, 6) is 0.0289. The van der Waals surface area contributed by atoms with E-state index >= 15 is 0 Å². The Labute approximate surface area is 140 Å². The van der Waals surface area contributed by atoms with Crippen LogP contribution in [0.1, 0.15) is 30.5 Å². The Morgan fingerprint density at radius 3 is 2.59 bits per heavy atom. The van der Waals surface area contributed by atoms with E-state index in [1.54, 1.807) is 0 Å². The second kappa shape index (κ2) is 8.11. The van der Waals surface area contributed by atoms with Gasteiger partial charge in [-0.1, -0.05) is 47.1 Å². The second-order valence-electron chi connectivity index (χ2n) is 5.42. The zero-order chi connectivity index (χ0) is 15.9. The maximum Gasteiger partial charge on any atom is 0.279 e. The summed E-state index contributed by atoms with van der Waals surface area (Å²) in [4.78, 5) is 12.1. The van der Waals surface area contributed by atoms with Gasteiger partial charge in [0.05, 0.1) is 0 Å². The van der Waals surface area contributed by atoms with Crippen LogP contribution in [-0.4, -0.2) is 12.5 Å². The highest BCUT2D eigenvalue weighted by molar-refractivity contribution is 9.10. The van der Waals surface area contributed by atoms with Gasteiger partial charge in [-0.15, -0.1) is 0 Å². The van der Waals surface area contributed by atoms with Crippen LogP contribution in [0.3, 0.4) is 0 Å². The Morgan fingerprint density at radius 1 is 1.23 bits per heavy atom. The van der Waals surface area contributed by atoms with Crippen LogP contribution in [-0.2, 0) is 4.79 Å². The first-order valence-electron chi connectivity index (χ1n) is 7.54. The Bertz CT molecular complexity index is 625. The number of hydrogen-bond donors (Lipinski definition) is 2. The number of aryl methyl sites for hydroxylation is 1. The van der Waals surface area contributed by atoms with Crippen LogP contribution in [0.15, 0.2) is 53.0 Å². The monoisotopic (exact) mass is 361 g/mol. The van der Waals surface area contributed by atoms with Gasteiger partial charge < -0.3 is 10.6 Å². The molecule has 0 aromatic heterocycles. The molecular weight excluding hydrogens is 340 g/mol. The molecular formula is C18H22BrN2O+. The number of anilines is 1. The van der Waals surface area contributed by atoms with E-state index < -0.39 is 0 Å². The summed E-state index contributed by atoms with van der Waals surface area (Å²) in [6.45, 7) is 4.58. The van der Waals surface area contributed by atoms with Crippen molar-refractivity contribution in [3.05, 3.63) is 64.1 Å². The fourth-order valence-electron chi connectivity index (χ4n) is 2.43. The fourth-order valence-corrected chi connectivity index (χ4v) is 2.70. The molecule has 0 radical (unpaired) electrons. The molecule has 2 aromatic carbocycles. The van der Waals surface area contributed by atoms with Gasteiger partial charge in [0.15, 0.2) is 6.54 Å². The molecule has 1 atom stereocenters. The lowest BCUT2D eigenvalue weighted by Gasteiger charge is -2.14. The van der Waals surface area contributed by atoms with E-state index in [0.717, 1.165) is 22.1 Å². The number of rotatable bonds is 6. The van der Waals surface area contributed by atoms with Crippen LogP contribution in [0.5, 0.6) is 0 Å². The molecule has 0 aliphatic carbocycles. The molecule has 2 aromatic rings. The molecule has 0 unspecified atom stereocenters. The van der Waals surface area contributed by atoms with Crippen LogP contribution in [0.2, 0.25) is 0 Å². The molecule has 4 heteroatoms. The lowest BCUT2D eigenvalue weighted by molar-refractivity contribution is -0.686. The van der Waals surface area contributed by atoms with E-state index in [9.17, 15) is 4.79 Å². The van der Waals surface area contributed by atoms with Crippen molar-refractivity contribution < 1.29 is 10.1 Å². The van der Waals surface area contributed by atoms with Gasteiger partial charge in [0.25, 0.3) is 5.91 Å². The smallest absolute Gasteiger partial charge is 0.279 e. The van der Waals surface area contributed by atoms with Gasteiger partial charge in [-0.2, -0.15) is 0 Å². The first kappa shape index (κ1) is 16.7. The van der Waals surface area contributed by atoms with Crippen molar-refractivity contribution in [2.75, 3.05) is 11.9 Å². The molecule has 0 saturated heterocycles. The molecule has 0 spiro atoms. The summed E-state index contributed by atoms with van der Waals surface area (Å²) in [7, 11) is 0. The van der Waals surface area contributed by atoms with E-state index in [1.165, 1.54) is 5.56 Å². The van der Waals surface area contributed by atoms with Gasteiger partial charge in [-0.3, -0.25) is 4.79 Å². The predicted molar refractivity (Wildman–Crippen MR) is 93.8 cm³/mol. The minimum Gasteiger partial charge on any atom is -0.332 e. The Hall–Kier alpha value is -1.65. The van der Waals surface area contributed by atoms with Gasteiger partial charge in [-0.25, -0.2) is 0 Å². The molecule has 22 heavy (non-hydrogen) atoms. The highest BCUT2D eigenvalue weighted by Gasteiger charge is 2.14. The normalized spacial score (nSPS) is 12.0. The van der Waals surface area contributed by atoms with Crippen molar-refractivity contribution >= 4 is 27.5 Å². The molecule has 0 bridgehead atoms. The molecule has 3 nitrogen and oxygen atoms in total. The number of benzene rings is 2. The first-order chi connectivity index (χ1) is 10.6. The minimum absolute atomic E-state index is 0.0289. The molecule has 0 saturated carbocycles. The van der Waals surface area contributed by atoms with Crippen molar-refractivity contribution in [1.29, 1.82) is 0 Å². The third kappa shape index (κ3) is 4.97. The molecule has 116 valence electrons. The quantitative estimate of drug-likeness (QED) is 0.813. The number of hydrogen-bond acceptors (Lipinski definition) is 1. The average Bonchev–Trinajstić information content (AvgIpc) is 2.49. The number of amides is 1.